The Morgan fingerprint density at radius 3 is 2.90 bits per heavy atom. The summed E-state index contributed by atoms with van der Waals surface area (Å²) in [6.07, 6.45) is 3.52. The number of hydrogen-bond donors (Lipinski definition) is 2. The summed E-state index contributed by atoms with van der Waals surface area (Å²) >= 11 is 6.03. The van der Waals surface area contributed by atoms with Gasteiger partial charge in [0.25, 0.3) is 5.91 Å². The number of nitrogens with one attached hydrogen (secondary N) is 2. The first-order valence-electron chi connectivity index (χ1n) is 7.65. The van der Waals surface area contributed by atoms with E-state index in [0.717, 1.165) is 25.3 Å². The van der Waals surface area contributed by atoms with Crippen LogP contribution in [0.1, 0.15) is 36.5 Å². The van der Waals surface area contributed by atoms with Crippen LogP contribution in [0.2, 0.25) is 5.02 Å². The van der Waals surface area contributed by atoms with E-state index in [0.29, 0.717) is 16.5 Å². The van der Waals surface area contributed by atoms with Crippen molar-refractivity contribution in [3.05, 3.63) is 28.8 Å². The molecule has 5 heteroatoms. The predicted octanol–water partition coefficient (Wildman–Crippen LogP) is 3.07. The number of halogens is 1. The molecule has 0 bridgehead atoms. The smallest absolute Gasteiger partial charge is 0.253 e. The molecule has 1 aliphatic carbocycles. The standard InChI is InChI=1S/C16H21ClN2O2/c1-2-18-13-6-5-11(17)9-12(13)16(20)19-14-7-8-21-15(14)10-3-4-10/h5-6,9-10,14-15,18H,2-4,7-8H2,1H3,(H,19,20). The first-order valence-corrected chi connectivity index (χ1v) is 8.02. The summed E-state index contributed by atoms with van der Waals surface area (Å²) in [6.45, 7) is 3.51. The third-order valence-corrected chi connectivity index (χ3v) is 4.37. The van der Waals surface area contributed by atoms with Crippen LogP contribution >= 0.6 is 11.6 Å². The minimum absolute atomic E-state index is 0.0744. The van der Waals surface area contributed by atoms with Crippen LogP contribution in [0.3, 0.4) is 0 Å². The van der Waals surface area contributed by atoms with Crippen molar-refractivity contribution in [3.8, 4) is 0 Å². The van der Waals surface area contributed by atoms with Crippen LogP contribution in [-0.4, -0.2) is 31.2 Å². The van der Waals surface area contributed by atoms with Gasteiger partial charge in [-0.25, -0.2) is 0 Å². The van der Waals surface area contributed by atoms with Crippen LogP contribution in [-0.2, 0) is 4.74 Å². The van der Waals surface area contributed by atoms with E-state index in [2.05, 4.69) is 10.6 Å². The fourth-order valence-electron chi connectivity index (χ4n) is 2.95. The monoisotopic (exact) mass is 308 g/mol. The predicted molar refractivity (Wildman–Crippen MR) is 84.0 cm³/mol. The number of rotatable bonds is 5. The van der Waals surface area contributed by atoms with Crippen molar-refractivity contribution < 1.29 is 9.53 Å². The van der Waals surface area contributed by atoms with Gasteiger partial charge < -0.3 is 15.4 Å². The van der Waals surface area contributed by atoms with Crippen molar-refractivity contribution in [1.29, 1.82) is 0 Å². The first kappa shape index (κ1) is 14.7. The third-order valence-electron chi connectivity index (χ3n) is 4.13. The van der Waals surface area contributed by atoms with E-state index in [1.165, 1.54) is 12.8 Å². The SMILES string of the molecule is CCNc1ccc(Cl)cc1C(=O)NC1CCOC1C1CC1. The summed E-state index contributed by atoms with van der Waals surface area (Å²) in [5.74, 6) is 0.556. The van der Waals surface area contributed by atoms with Gasteiger partial charge >= 0.3 is 0 Å². The van der Waals surface area contributed by atoms with E-state index < -0.39 is 0 Å². The van der Waals surface area contributed by atoms with Crippen LogP contribution < -0.4 is 10.6 Å². The summed E-state index contributed by atoms with van der Waals surface area (Å²) in [5.41, 5.74) is 1.42. The normalized spacial score (nSPS) is 24.9. The highest BCUT2D eigenvalue weighted by Gasteiger charge is 2.41. The lowest BCUT2D eigenvalue weighted by atomic mass is 10.1. The van der Waals surface area contributed by atoms with Crippen LogP contribution in [0.4, 0.5) is 5.69 Å². The van der Waals surface area contributed by atoms with E-state index >= 15 is 0 Å². The molecule has 0 aromatic heterocycles. The van der Waals surface area contributed by atoms with E-state index in [1.54, 1.807) is 12.1 Å². The zero-order valence-corrected chi connectivity index (χ0v) is 13.0. The van der Waals surface area contributed by atoms with Crippen molar-refractivity contribution in [1.82, 2.24) is 5.32 Å². The average molecular weight is 309 g/mol. The molecule has 1 aromatic carbocycles. The van der Waals surface area contributed by atoms with Crippen molar-refractivity contribution in [2.24, 2.45) is 5.92 Å². The van der Waals surface area contributed by atoms with Gasteiger partial charge in [-0.15, -0.1) is 0 Å². The van der Waals surface area contributed by atoms with Gasteiger partial charge in [0, 0.05) is 23.9 Å². The summed E-state index contributed by atoms with van der Waals surface area (Å²) in [7, 11) is 0. The van der Waals surface area contributed by atoms with Gasteiger partial charge in [-0.2, -0.15) is 0 Å². The second-order valence-corrected chi connectivity index (χ2v) is 6.20. The zero-order chi connectivity index (χ0) is 14.8. The molecule has 2 atom stereocenters. The Labute approximate surface area is 130 Å². The molecule has 1 aliphatic heterocycles. The molecule has 1 aromatic rings. The molecule has 114 valence electrons. The molecule has 2 N–H and O–H groups in total. The maximum absolute atomic E-state index is 12.6. The average Bonchev–Trinajstić information content (AvgIpc) is 3.21. The Morgan fingerprint density at radius 1 is 1.38 bits per heavy atom. The van der Waals surface area contributed by atoms with Gasteiger partial charge in [0.05, 0.1) is 17.7 Å². The summed E-state index contributed by atoms with van der Waals surface area (Å²) in [4.78, 5) is 12.6. The highest BCUT2D eigenvalue weighted by molar-refractivity contribution is 6.31. The number of hydrogen-bond acceptors (Lipinski definition) is 3. The highest BCUT2D eigenvalue weighted by Crippen LogP contribution is 2.38. The molecule has 21 heavy (non-hydrogen) atoms. The lowest BCUT2D eigenvalue weighted by molar-refractivity contribution is 0.0730. The minimum atomic E-state index is -0.0744. The Bertz CT molecular complexity index is 531. The lowest BCUT2D eigenvalue weighted by Crippen LogP contribution is -2.41. The van der Waals surface area contributed by atoms with E-state index in [9.17, 15) is 4.79 Å². The minimum Gasteiger partial charge on any atom is -0.385 e. The van der Waals surface area contributed by atoms with Gasteiger partial charge in [0.15, 0.2) is 0 Å². The molecule has 0 radical (unpaired) electrons. The van der Waals surface area contributed by atoms with Crippen molar-refractivity contribution in [2.75, 3.05) is 18.5 Å². The summed E-state index contributed by atoms with van der Waals surface area (Å²) in [6, 6.07) is 5.49. The molecule has 0 spiro atoms. The fraction of sp³-hybridized carbons (Fsp3) is 0.562. The van der Waals surface area contributed by atoms with Gasteiger partial charge in [-0.05, 0) is 50.3 Å². The third kappa shape index (κ3) is 3.33. The molecule has 2 unspecified atom stereocenters. The van der Waals surface area contributed by atoms with Gasteiger partial charge in [-0.3, -0.25) is 4.79 Å². The van der Waals surface area contributed by atoms with Crippen molar-refractivity contribution >= 4 is 23.2 Å². The van der Waals surface area contributed by atoms with Gasteiger partial charge in [0.2, 0.25) is 0 Å². The summed E-state index contributed by atoms with van der Waals surface area (Å²) < 4.78 is 5.77. The van der Waals surface area contributed by atoms with Gasteiger partial charge in [0.1, 0.15) is 0 Å². The topological polar surface area (TPSA) is 50.4 Å². The van der Waals surface area contributed by atoms with Crippen LogP contribution in [0.5, 0.6) is 0 Å². The van der Waals surface area contributed by atoms with E-state index in [4.69, 9.17) is 16.3 Å². The lowest BCUT2D eigenvalue weighted by Gasteiger charge is -2.20. The maximum Gasteiger partial charge on any atom is 0.253 e. The zero-order valence-electron chi connectivity index (χ0n) is 12.2. The first-order chi connectivity index (χ1) is 10.2. The van der Waals surface area contributed by atoms with Crippen LogP contribution in [0.15, 0.2) is 18.2 Å². The van der Waals surface area contributed by atoms with Crippen LogP contribution in [0.25, 0.3) is 0 Å². The Morgan fingerprint density at radius 2 is 2.19 bits per heavy atom. The van der Waals surface area contributed by atoms with E-state index in [-0.39, 0.29) is 18.1 Å². The molecule has 1 saturated carbocycles. The molecule has 1 amide bonds. The number of ether oxygens (including phenoxy) is 1. The fourth-order valence-corrected chi connectivity index (χ4v) is 3.12. The molecular weight excluding hydrogens is 288 g/mol. The number of anilines is 1. The Hall–Kier alpha value is -1.26. The number of benzene rings is 1. The number of amides is 1. The maximum atomic E-state index is 12.6. The molecule has 4 nitrogen and oxygen atoms in total. The van der Waals surface area contributed by atoms with Gasteiger partial charge in [-0.1, -0.05) is 11.6 Å². The highest BCUT2D eigenvalue weighted by atomic mass is 35.5. The molecule has 2 fully saturated rings. The second-order valence-electron chi connectivity index (χ2n) is 5.76. The second kappa shape index (κ2) is 6.24. The summed E-state index contributed by atoms with van der Waals surface area (Å²) in [5, 5.41) is 6.91. The molecule has 2 aliphatic rings. The molecule has 1 heterocycles. The molecule has 1 saturated heterocycles. The Balaban J connectivity index is 1.73. The van der Waals surface area contributed by atoms with Crippen molar-refractivity contribution in [3.63, 3.8) is 0 Å². The number of carbonyl (C=O) groups is 1. The molecule has 3 rings (SSSR count). The largest absolute Gasteiger partial charge is 0.385 e. The molecular formula is C16H21ClN2O2. The van der Waals surface area contributed by atoms with Crippen molar-refractivity contribution in [2.45, 2.75) is 38.3 Å². The number of carbonyl (C=O) groups excluding carboxylic acids is 1. The van der Waals surface area contributed by atoms with E-state index in [1.807, 2.05) is 13.0 Å². The Kier molecular flexibility index (Phi) is 4.36. The van der Waals surface area contributed by atoms with Crippen LogP contribution in [0, 0.1) is 5.92 Å². The quantitative estimate of drug-likeness (QED) is 0.879.